The third-order valence-corrected chi connectivity index (χ3v) is 7.98. The molecule has 0 saturated heterocycles. The Labute approximate surface area is 245 Å². The highest BCUT2D eigenvalue weighted by atomic mass is 32.1. The molecule has 6 heteroatoms. The minimum atomic E-state index is -0.372. The topological polar surface area (TPSA) is 33.4 Å². The quantitative estimate of drug-likeness (QED) is 0.101. The lowest BCUT2D eigenvalue weighted by Gasteiger charge is -2.23. The predicted molar refractivity (Wildman–Crippen MR) is 165 cm³/mol. The van der Waals surface area contributed by atoms with E-state index >= 15 is 0 Å². The third kappa shape index (κ3) is 11.4. The summed E-state index contributed by atoms with van der Waals surface area (Å²) in [6.45, 7) is 5.71. The maximum Gasteiger partial charge on any atom is 0.227 e. The predicted octanol–water partition coefficient (Wildman–Crippen LogP) is 9.25. The first-order valence-corrected chi connectivity index (χ1v) is 16.3. The van der Waals surface area contributed by atoms with Crippen LogP contribution in [0.2, 0.25) is 0 Å². The Hall–Kier alpha value is -2.73. The molecule has 0 saturated carbocycles. The molecule has 1 aromatic heterocycles. The average Bonchev–Trinajstić information content (AvgIpc) is 3.48. The van der Waals surface area contributed by atoms with Crippen LogP contribution in [0.4, 0.5) is 10.1 Å². The Kier molecular flexibility index (Phi) is 14.8. The van der Waals surface area contributed by atoms with E-state index in [4.69, 9.17) is 4.74 Å². The Morgan fingerprint density at radius 1 is 0.875 bits per heavy atom. The number of halogens is 1. The van der Waals surface area contributed by atoms with Crippen LogP contribution in [-0.4, -0.2) is 12.5 Å². The van der Waals surface area contributed by atoms with Gasteiger partial charge in [-0.15, -0.1) is 0 Å². The highest BCUT2D eigenvalue weighted by Crippen LogP contribution is 2.24. The summed E-state index contributed by atoms with van der Waals surface area (Å²) in [4.78, 5) is 14.6. The van der Waals surface area contributed by atoms with Crippen molar-refractivity contribution in [3.8, 4) is 5.75 Å². The maximum atomic E-state index is 14.9. The van der Waals surface area contributed by atoms with Crippen LogP contribution < -0.4 is 14.2 Å². The summed E-state index contributed by atoms with van der Waals surface area (Å²) >= 11 is 1.65. The molecule has 4 nitrogen and oxygen atoms in total. The van der Waals surface area contributed by atoms with Crippen molar-refractivity contribution in [2.24, 2.45) is 0 Å². The molecular formula is C34H48FN2O2S+. The van der Waals surface area contributed by atoms with Gasteiger partial charge in [0.15, 0.2) is 24.3 Å². The first kappa shape index (κ1) is 31.8. The summed E-state index contributed by atoms with van der Waals surface area (Å²) < 4.78 is 22.7. The molecule has 0 atom stereocenters. The second-order valence-electron chi connectivity index (χ2n) is 10.7. The van der Waals surface area contributed by atoms with E-state index in [9.17, 15) is 9.18 Å². The lowest BCUT2D eigenvalue weighted by Crippen LogP contribution is -2.32. The van der Waals surface area contributed by atoms with Gasteiger partial charge in [0.05, 0.1) is 18.5 Å². The van der Waals surface area contributed by atoms with Gasteiger partial charge in [0.1, 0.15) is 0 Å². The third-order valence-electron chi connectivity index (χ3n) is 7.31. The first-order chi connectivity index (χ1) is 19.6. The fourth-order valence-corrected chi connectivity index (χ4v) is 5.57. The Morgan fingerprint density at radius 2 is 1.57 bits per heavy atom. The lowest BCUT2D eigenvalue weighted by molar-refractivity contribution is -0.683. The molecule has 40 heavy (non-hydrogen) atoms. The van der Waals surface area contributed by atoms with Crippen LogP contribution in [0.5, 0.6) is 5.75 Å². The zero-order valence-corrected chi connectivity index (χ0v) is 25.4. The van der Waals surface area contributed by atoms with E-state index in [1.165, 1.54) is 70.3 Å². The second-order valence-corrected chi connectivity index (χ2v) is 11.5. The smallest absolute Gasteiger partial charge is 0.227 e. The molecule has 1 heterocycles. The fourth-order valence-electron chi connectivity index (χ4n) is 4.97. The van der Waals surface area contributed by atoms with Crippen LogP contribution in [0.15, 0.2) is 59.6 Å². The van der Waals surface area contributed by atoms with Gasteiger partial charge in [0.25, 0.3) is 0 Å². The van der Waals surface area contributed by atoms with E-state index < -0.39 is 0 Å². The summed E-state index contributed by atoms with van der Waals surface area (Å²) in [6, 6.07) is 13.1. The van der Waals surface area contributed by atoms with Gasteiger partial charge in [0, 0.05) is 17.7 Å². The standard InChI is InChI=1S/C34H48FN2O2S/c1-3-5-6-7-8-9-10-11-12-13-14-15-22-39-33-20-19-30(25-32(33)35)27-37(34(38)4-2)31-18-16-17-29(24-31)26-36-21-23-40-28-36/h16-21,23-25,28H,3-15,22,26-27H2,1-2H3/q+1. The Bertz CT molecular complexity index is 1120. The highest BCUT2D eigenvalue weighted by molar-refractivity contribution is 7.07. The van der Waals surface area contributed by atoms with Gasteiger partial charge in [-0.1, -0.05) is 114 Å². The largest absolute Gasteiger partial charge is 0.491 e. The number of hydrogen-bond acceptors (Lipinski definition) is 3. The molecule has 0 bridgehead atoms. The number of carbonyl (C=O) groups excluding carboxylic acids is 1. The molecule has 0 spiro atoms. The van der Waals surface area contributed by atoms with E-state index in [2.05, 4.69) is 23.1 Å². The van der Waals surface area contributed by atoms with Crippen LogP contribution >= 0.6 is 11.3 Å². The van der Waals surface area contributed by atoms with Crippen molar-refractivity contribution in [1.29, 1.82) is 0 Å². The van der Waals surface area contributed by atoms with Crippen molar-refractivity contribution in [2.45, 2.75) is 110 Å². The van der Waals surface area contributed by atoms with Crippen molar-refractivity contribution in [3.05, 3.63) is 76.5 Å². The van der Waals surface area contributed by atoms with Crippen molar-refractivity contribution in [1.82, 2.24) is 0 Å². The van der Waals surface area contributed by atoms with E-state index in [1.807, 2.05) is 42.8 Å². The molecule has 0 unspecified atom stereocenters. The number of amides is 1. The molecule has 0 aliphatic rings. The van der Waals surface area contributed by atoms with Crippen LogP contribution in [-0.2, 0) is 17.9 Å². The molecule has 0 fully saturated rings. The SMILES string of the molecule is CCCCCCCCCCCCCCOc1ccc(CN(C(=O)CC)c2cccc(C[n+]3ccsc3)c2)cc1F. The van der Waals surface area contributed by atoms with Crippen molar-refractivity contribution in [2.75, 3.05) is 11.5 Å². The molecule has 3 rings (SSSR count). The lowest BCUT2D eigenvalue weighted by atomic mass is 10.1. The second kappa shape index (κ2) is 18.6. The van der Waals surface area contributed by atoms with Crippen LogP contribution in [0, 0.1) is 5.82 Å². The number of aromatic nitrogens is 1. The van der Waals surface area contributed by atoms with E-state index in [-0.39, 0.29) is 17.5 Å². The van der Waals surface area contributed by atoms with Crippen molar-refractivity contribution < 1.29 is 18.5 Å². The number of thiazole rings is 1. The monoisotopic (exact) mass is 567 g/mol. The molecule has 0 radical (unpaired) electrons. The summed E-state index contributed by atoms with van der Waals surface area (Å²) in [5, 5.41) is 2.04. The molecule has 3 aromatic rings. The van der Waals surface area contributed by atoms with E-state index in [0.29, 0.717) is 19.6 Å². The first-order valence-electron chi connectivity index (χ1n) is 15.3. The number of hydrogen-bond donors (Lipinski definition) is 0. The van der Waals surface area contributed by atoms with Crippen LogP contribution in [0.1, 0.15) is 108 Å². The van der Waals surface area contributed by atoms with E-state index in [0.717, 1.165) is 36.2 Å². The number of nitrogens with zero attached hydrogens (tertiary/aromatic N) is 2. The minimum Gasteiger partial charge on any atom is -0.491 e. The Morgan fingerprint density at radius 3 is 2.20 bits per heavy atom. The highest BCUT2D eigenvalue weighted by Gasteiger charge is 2.17. The Balaban J connectivity index is 1.42. The van der Waals surface area contributed by atoms with Crippen LogP contribution in [0.3, 0.4) is 0 Å². The van der Waals surface area contributed by atoms with Gasteiger partial charge < -0.3 is 9.64 Å². The average molecular weight is 568 g/mol. The number of rotatable bonds is 20. The zero-order valence-electron chi connectivity index (χ0n) is 24.6. The number of carbonyl (C=O) groups is 1. The minimum absolute atomic E-state index is 0.00745. The van der Waals surface area contributed by atoms with E-state index in [1.54, 1.807) is 22.3 Å². The maximum absolute atomic E-state index is 14.9. The summed E-state index contributed by atoms with van der Waals surface area (Å²) in [7, 11) is 0. The number of ether oxygens (including phenoxy) is 1. The molecule has 2 aromatic carbocycles. The molecule has 0 aliphatic heterocycles. The molecule has 218 valence electrons. The number of unbranched alkanes of at least 4 members (excludes halogenated alkanes) is 11. The fraction of sp³-hybridized carbons (Fsp3) is 0.529. The van der Waals surface area contributed by atoms with Gasteiger partial charge in [0.2, 0.25) is 11.4 Å². The number of anilines is 1. The molecule has 0 N–H and O–H groups in total. The summed E-state index contributed by atoms with van der Waals surface area (Å²) in [6.07, 6.45) is 17.9. The van der Waals surface area contributed by atoms with Crippen molar-refractivity contribution >= 4 is 22.9 Å². The molecule has 1 amide bonds. The van der Waals surface area contributed by atoms with Crippen molar-refractivity contribution in [3.63, 3.8) is 0 Å². The normalized spacial score (nSPS) is 11.1. The van der Waals surface area contributed by atoms with Gasteiger partial charge in [-0.3, -0.25) is 4.79 Å². The molecule has 0 aliphatic carbocycles. The van der Waals surface area contributed by atoms with Gasteiger partial charge >= 0.3 is 0 Å². The molecular weight excluding hydrogens is 519 g/mol. The number of benzene rings is 2. The zero-order chi connectivity index (χ0) is 28.4. The van der Waals surface area contributed by atoms with Gasteiger partial charge in [-0.25, -0.2) is 4.39 Å². The van der Waals surface area contributed by atoms with Gasteiger partial charge in [-0.2, -0.15) is 4.57 Å². The summed E-state index contributed by atoms with van der Waals surface area (Å²) in [5.74, 6) is -0.0778. The van der Waals surface area contributed by atoms with Gasteiger partial charge in [-0.05, 0) is 36.2 Å². The van der Waals surface area contributed by atoms with Crippen LogP contribution in [0.25, 0.3) is 0 Å². The summed E-state index contributed by atoms with van der Waals surface area (Å²) in [5.41, 5.74) is 4.75.